The second kappa shape index (κ2) is 6.16. The molecule has 0 N–H and O–H groups in total. The summed E-state index contributed by atoms with van der Waals surface area (Å²) < 4.78 is 1.31. The van der Waals surface area contributed by atoms with Crippen LogP contribution in [0.2, 0.25) is 0 Å². The second-order valence-corrected chi connectivity index (χ2v) is 6.90. The molecule has 0 aliphatic carbocycles. The van der Waals surface area contributed by atoms with Crippen molar-refractivity contribution in [3.63, 3.8) is 0 Å². The van der Waals surface area contributed by atoms with Crippen molar-refractivity contribution in [3.05, 3.63) is 48.1 Å². The van der Waals surface area contributed by atoms with Crippen molar-refractivity contribution >= 4 is 33.1 Å². The zero-order chi connectivity index (χ0) is 15.6. The Balaban J connectivity index is 1.48. The summed E-state index contributed by atoms with van der Waals surface area (Å²) in [5.41, 5.74) is 2.45. The van der Waals surface area contributed by atoms with Crippen LogP contribution in [-0.4, -0.2) is 36.1 Å². The molecule has 5 heteroatoms. The van der Waals surface area contributed by atoms with Crippen molar-refractivity contribution in [1.29, 1.82) is 0 Å². The molecule has 4 nitrogen and oxygen atoms in total. The molecule has 3 aromatic rings. The van der Waals surface area contributed by atoms with Gasteiger partial charge < -0.3 is 9.80 Å². The SMILES string of the molecule is CN(c1ccccn1)C1CCN(c2ccnc3ccsc23)CC1. The van der Waals surface area contributed by atoms with Crippen molar-refractivity contribution in [1.82, 2.24) is 9.97 Å². The van der Waals surface area contributed by atoms with E-state index in [1.807, 2.05) is 18.5 Å². The number of thiophene rings is 1. The maximum Gasteiger partial charge on any atom is 0.128 e. The highest BCUT2D eigenvalue weighted by Gasteiger charge is 2.24. The Hall–Kier alpha value is -2.14. The summed E-state index contributed by atoms with van der Waals surface area (Å²) in [7, 11) is 2.16. The summed E-state index contributed by atoms with van der Waals surface area (Å²) in [6, 6.07) is 10.9. The molecule has 0 spiro atoms. The molecule has 0 radical (unpaired) electrons. The van der Waals surface area contributed by atoms with Crippen LogP contribution in [0.3, 0.4) is 0 Å². The molecule has 1 saturated heterocycles. The number of anilines is 2. The van der Waals surface area contributed by atoms with Gasteiger partial charge in [0.05, 0.1) is 15.9 Å². The Morgan fingerprint density at radius 2 is 1.96 bits per heavy atom. The third-order valence-electron chi connectivity index (χ3n) is 4.69. The van der Waals surface area contributed by atoms with E-state index < -0.39 is 0 Å². The lowest BCUT2D eigenvalue weighted by Crippen LogP contribution is -2.43. The van der Waals surface area contributed by atoms with Gasteiger partial charge in [-0.1, -0.05) is 6.07 Å². The minimum absolute atomic E-state index is 0.557. The summed E-state index contributed by atoms with van der Waals surface area (Å²) in [4.78, 5) is 13.7. The molecule has 0 amide bonds. The van der Waals surface area contributed by atoms with Crippen molar-refractivity contribution in [2.45, 2.75) is 18.9 Å². The Labute approximate surface area is 140 Å². The molecule has 0 saturated carbocycles. The van der Waals surface area contributed by atoms with Crippen LogP contribution in [-0.2, 0) is 0 Å². The van der Waals surface area contributed by atoms with Gasteiger partial charge in [0.1, 0.15) is 5.82 Å². The van der Waals surface area contributed by atoms with Gasteiger partial charge in [0, 0.05) is 38.6 Å². The van der Waals surface area contributed by atoms with Crippen molar-refractivity contribution < 1.29 is 0 Å². The van der Waals surface area contributed by atoms with Crippen molar-refractivity contribution in [3.8, 4) is 0 Å². The van der Waals surface area contributed by atoms with E-state index in [2.05, 4.69) is 56.5 Å². The fraction of sp³-hybridized carbons (Fsp3) is 0.333. The number of hydrogen-bond donors (Lipinski definition) is 0. The Kier molecular flexibility index (Phi) is 3.87. The normalized spacial score (nSPS) is 16.0. The van der Waals surface area contributed by atoms with Crippen LogP contribution in [0.1, 0.15) is 12.8 Å². The molecule has 1 fully saturated rings. The van der Waals surface area contributed by atoms with E-state index in [0.717, 1.165) is 37.3 Å². The van der Waals surface area contributed by atoms with Crippen LogP contribution >= 0.6 is 11.3 Å². The quantitative estimate of drug-likeness (QED) is 0.733. The summed E-state index contributed by atoms with van der Waals surface area (Å²) >= 11 is 1.79. The smallest absolute Gasteiger partial charge is 0.128 e. The minimum Gasteiger partial charge on any atom is -0.370 e. The topological polar surface area (TPSA) is 32.3 Å². The average molecular weight is 324 g/mol. The predicted octanol–water partition coefficient (Wildman–Crippen LogP) is 3.80. The molecule has 1 aliphatic heterocycles. The third kappa shape index (κ3) is 2.77. The van der Waals surface area contributed by atoms with Gasteiger partial charge in [0.2, 0.25) is 0 Å². The van der Waals surface area contributed by atoms with E-state index in [1.165, 1.54) is 10.4 Å². The fourth-order valence-electron chi connectivity index (χ4n) is 3.35. The number of pyridine rings is 2. The van der Waals surface area contributed by atoms with Crippen LogP contribution in [0.5, 0.6) is 0 Å². The number of fused-ring (bicyclic) bond motifs is 1. The average Bonchev–Trinajstić information content (AvgIpc) is 3.11. The van der Waals surface area contributed by atoms with Crippen LogP contribution in [0.25, 0.3) is 10.2 Å². The summed E-state index contributed by atoms with van der Waals surface area (Å²) in [5.74, 6) is 1.07. The second-order valence-electron chi connectivity index (χ2n) is 5.98. The highest BCUT2D eigenvalue weighted by Crippen LogP contribution is 2.32. The molecule has 118 valence electrons. The van der Waals surface area contributed by atoms with Gasteiger partial charge in [-0.05, 0) is 42.5 Å². The van der Waals surface area contributed by atoms with Crippen molar-refractivity contribution in [2.75, 3.05) is 29.9 Å². The number of aromatic nitrogens is 2. The number of rotatable bonds is 3. The highest BCUT2D eigenvalue weighted by atomic mass is 32.1. The summed E-state index contributed by atoms with van der Waals surface area (Å²) in [5, 5.41) is 2.13. The maximum absolute atomic E-state index is 4.47. The standard InChI is InChI=1S/C18H20N4S/c1-21(17-4-2-3-9-20-17)14-6-11-22(12-7-14)16-5-10-19-15-8-13-23-18(15)16/h2-5,8-10,13-14H,6-7,11-12H2,1H3. The largest absolute Gasteiger partial charge is 0.370 e. The van der Waals surface area contributed by atoms with Crippen LogP contribution < -0.4 is 9.80 Å². The molecule has 1 aliphatic rings. The Bertz CT molecular complexity index is 778. The zero-order valence-corrected chi connectivity index (χ0v) is 14.0. The highest BCUT2D eigenvalue weighted by molar-refractivity contribution is 7.17. The molecule has 0 bridgehead atoms. The zero-order valence-electron chi connectivity index (χ0n) is 13.2. The first-order chi connectivity index (χ1) is 11.3. The number of hydrogen-bond acceptors (Lipinski definition) is 5. The van der Waals surface area contributed by atoms with Crippen molar-refractivity contribution in [2.24, 2.45) is 0 Å². The fourth-order valence-corrected chi connectivity index (χ4v) is 4.24. The minimum atomic E-state index is 0.557. The van der Waals surface area contributed by atoms with Gasteiger partial charge in [-0.3, -0.25) is 4.98 Å². The lowest BCUT2D eigenvalue weighted by molar-refractivity contribution is 0.481. The summed E-state index contributed by atoms with van der Waals surface area (Å²) in [6.07, 6.45) is 6.10. The Morgan fingerprint density at radius 1 is 1.09 bits per heavy atom. The monoisotopic (exact) mass is 324 g/mol. The first kappa shape index (κ1) is 14.5. The lowest BCUT2D eigenvalue weighted by atomic mass is 10.0. The lowest BCUT2D eigenvalue weighted by Gasteiger charge is -2.38. The molecular formula is C18H20N4S. The molecule has 4 heterocycles. The van der Waals surface area contributed by atoms with Gasteiger partial charge in [-0.2, -0.15) is 0 Å². The predicted molar refractivity (Wildman–Crippen MR) is 97.5 cm³/mol. The number of piperidine rings is 1. The molecule has 0 unspecified atom stereocenters. The van der Waals surface area contributed by atoms with Gasteiger partial charge in [-0.25, -0.2) is 4.98 Å². The molecule has 0 atom stereocenters. The van der Waals surface area contributed by atoms with E-state index in [0.29, 0.717) is 6.04 Å². The van der Waals surface area contributed by atoms with E-state index in [1.54, 1.807) is 11.3 Å². The third-order valence-corrected chi connectivity index (χ3v) is 5.61. The molecular weight excluding hydrogens is 304 g/mol. The van der Waals surface area contributed by atoms with E-state index in [4.69, 9.17) is 0 Å². The first-order valence-corrected chi connectivity index (χ1v) is 8.92. The van der Waals surface area contributed by atoms with Gasteiger partial charge in [0.15, 0.2) is 0 Å². The van der Waals surface area contributed by atoms with Gasteiger partial charge in [0.25, 0.3) is 0 Å². The van der Waals surface area contributed by atoms with Crippen LogP contribution in [0.15, 0.2) is 48.1 Å². The van der Waals surface area contributed by atoms with E-state index in [9.17, 15) is 0 Å². The van der Waals surface area contributed by atoms with E-state index >= 15 is 0 Å². The number of nitrogens with zero attached hydrogens (tertiary/aromatic N) is 4. The van der Waals surface area contributed by atoms with Gasteiger partial charge in [-0.15, -0.1) is 11.3 Å². The Morgan fingerprint density at radius 3 is 2.74 bits per heavy atom. The first-order valence-electron chi connectivity index (χ1n) is 8.04. The molecule has 0 aromatic carbocycles. The molecule has 3 aromatic heterocycles. The van der Waals surface area contributed by atoms with Crippen LogP contribution in [0, 0.1) is 0 Å². The summed E-state index contributed by atoms with van der Waals surface area (Å²) in [6.45, 7) is 2.16. The maximum atomic E-state index is 4.47. The van der Waals surface area contributed by atoms with Gasteiger partial charge >= 0.3 is 0 Å². The van der Waals surface area contributed by atoms with E-state index in [-0.39, 0.29) is 0 Å². The molecule has 4 rings (SSSR count). The molecule has 23 heavy (non-hydrogen) atoms. The van der Waals surface area contributed by atoms with Crippen LogP contribution in [0.4, 0.5) is 11.5 Å².